The Morgan fingerprint density at radius 1 is 1.24 bits per heavy atom. The lowest BCUT2D eigenvalue weighted by Gasteiger charge is -2.27. The zero-order valence-corrected chi connectivity index (χ0v) is 20.5. The van der Waals surface area contributed by atoms with Gasteiger partial charge in [-0.2, -0.15) is 0 Å². The van der Waals surface area contributed by atoms with Gasteiger partial charge in [0.1, 0.15) is 10.6 Å². The number of hydrogen-bond donors (Lipinski definition) is 1. The second-order valence-corrected chi connectivity index (χ2v) is 9.48. The minimum Gasteiger partial charge on any atom is -0.346 e. The molecule has 2 aromatic heterocycles. The van der Waals surface area contributed by atoms with Crippen molar-refractivity contribution in [3.05, 3.63) is 74.0 Å². The van der Waals surface area contributed by atoms with E-state index in [1.54, 1.807) is 6.07 Å². The quantitative estimate of drug-likeness (QED) is 0.541. The first-order valence-electron chi connectivity index (χ1n) is 11.8. The van der Waals surface area contributed by atoms with E-state index in [4.69, 9.17) is 0 Å². The van der Waals surface area contributed by atoms with Gasteiger partial charge >= 0.3 is 0 Å². The molecule has 0 aliphatic carbocycles. The van der Waals surface area contributed by atoms with Crippen LogP contribution < -0.4 is 10.7 Å². The van der Waals surface area contributed by atoms with E-state index < -0.39 is 0 Å². The largest absolute Gasteiger partial charge is 0.346 e. The highest BCUT2D eigenvalue weighted by molar-refractivity contribution is 7.09. The molecular weight excluding hydrogens is 432 g/mol. The summed E-state index contributed by atoms with van der Waals surface area (Å²) in [5, 5.41) is 5.75. The number of likely N-dealkylation sites (tertiary alicyclic amines) is 1. The number of pyridine rings is 1. The molecule has 1 atom stereocenters. The number of aryl methyl sites for hydroxylation is 1. The maximum Gasteiger partial charge on any atom is 0.257 e. The average molecular weight is 465 g/mol. The van der Waals surface area contributed by atoms with Crippen LogP contribution in [0.5, 0.6) is 0 Å². The topological polar surface area (TPSA) is 67.2 Å². The van der Waals surface area contributed by atoms with E-state index in [1.165, 1.54) is 17.8 Å². The number of nitrogens with zero attached hydrogens (tertiary/aromatic N) is 3. The molecule has 0 saturated carbocycles. The van der Waals surface area contributed by atoms with Gasteiger partial charge in [-0.15, -0.1) is 11.3 Å². The van der Waals surface area contributed by atoms with E-state index in [0.29, 0.717) is 19.0 Å². The third kappa shape index (κ3) is 5.09. The Labute approximate surface area is 199 Å². The number of benzene rings is 1. The summed E-state index contributed by atoms with van der Waals surface area (Å²) in [6, 6.07) is 12.0. The second kappa shape index (κ2) is 10.4. The van der Waals surface area contributed by atoms with Crippen LogP contribution in [0.25, 0.3) is 11.3 Å². The SMILES string of the molecule is CCc1c(C(=O)NCc2nc(-c3ccccc3)cs2)c(=O)cc(C)n1C[C@@H]1CCCN1CC. The number of carbonyl (C=O) groups excluding carboxylic acids is 1. The molecule has 7 heteroatoms. The molecule has 3 aromatic rings. The molecule has 1 saturated heterocycles. The van der Waals surface area contributed by atoms with Gasteiger partial charge in [0.15, 0.2) is 5.43 Å². The molecule has 33 heavy (non-hydrogen) atoms. The van der Waals surface area contributed by atoms with Crippen molar-refractivity contribution in [2.24, 2.45) is 0 Å². The zero-order valence-electron chi connectivity index (χ0n) is 19.6. The first kappa shape index (κ1) is 23.4. The van der Waals surface area contributed by atoms with Gasteiger partial charge in [0, 0.05) is 41.0 Å². The predicted molar refractivity (Wildman–Crippen MR) is 134 cm³/mol. The van der Waals surface area contributed by atoms with Crippen LogP contribution in [-0.2, 0) is 19.5 Å². The molecular formula is C26H32N4O2S. The van der Waals surface area contributed by atoms with E-state index in [2.05, 4.69) is 26.7 Å². The standard InChI is InChI=1S/C26H32N4O2S/c1-4-22-25(23(31)14-18(3)30(22)16-20-12-9-13-29(20)5-2)26(32)27-15-24-28-21(17-33-24)19-10-7-6-8-11-19/h6-8,10-11,14,17,20H,4-5,9,12-13,15-16H2,1-3H3,(H,27,32)/t20-/m0/s1. The molecule has 3 heterocycles. The molecule has 6 nitrogen and oxygen atoms in total. The minimum absolute atomic E-state index is 0.207. The molecule has 1 N–H and O–H groups in total. The number of nitrogens with one attached hydrogen (secondary N) is 1. The van der Waals surface area contributed by atoms with Gasteiger partial charge in [-0.1, -0.05) is 44.2 Å². The van der Waals surface area contributed by atoms with Crippen molar-refractivity contribution in [2.75, 3.05) is 13.1 Å². The fourth-order valence-electron chi connectivity index (χ4n) is 4.80. The van der Waals surface area contributed by atoms with Gasteiger partial charge in [0.25, 0.3) is 5.91 Å². The Hall–Kier alpha value is -2.77. The molecule has 1 aromatic carbocycles. The number of thiazole rings is 1. The van der Waals surface area contributed by atoms with Crippen LogP contribution in [0.15, 0.2) is 46.6 Å². The number of carbonyl (C=O) groups is 1. The maximum absolute atomic E-state index is 13.2. The number of rotatable bonds is 8. The zero-order chi connectivity index (χ0) is 23.4. The molecule has 0 unspecified atom stereocenters. The van der Waals surface area contributed by atoms with Crippen LogP contribution in [0.3, 0.4) is 0 Å². The van der Waals surface area contributed by atoms with Crippen molar-refractivity contribution in [1.29, 1.82) is 0 Å². The highest BCUT2D eigenvalue weighted by Crippen LogP contribution is 2.22. The van der Waals surface area contributed by atoms with Gasteiger partial charge in [-0.25, -0.2) is 4.98 Å². The normalized spacial score (nSPS) is 16.3. The Kier molecular flexibility index (Phi) is 7.40. The Morgan fingerprint density at radius 3 is 2.76 bits per heavy atom. The van der Waals surface area contributed by atoms with Crippen LogP contribution in [0.1, 0.15) is 53.4 Å². The summed E-state index contributed by atoms with van der Waals surface area (Å²) in [4.78, 5) is 33.2. The van der Waals surface area contributed by atoms with Crippen LogP contribution in [0.4, 0.5) is 0 Å². The fourth-order valence-corrected chi connectivity index (χ4v) is 5.54. The monoisotopic (exact) mass is 464 g/mol. The van der Waals surface area contributed by atoms with E-state index in [0.717, 1.165) is 53.7 Å². The highest BCUT2D eigenvalue weighted by atomic mass is 32.1. The van der Waals surface area contributed by atoms with E-state index in [9.17, 15) is 9.59 Å². The maximum atomic E-state index is 13.2. The predicted octanol–water partition coefficient (Wildman–Crippen LogP) is 4.26. The van der Waals surface area contributed by atoms with E-state index in [1.807, 2.05) is 49.6 Å². The van der Waals surface area contributed by atoms with E-state index in [-0.39, 0.29) is 16.9 Å². The third-order valence-corrected chi connectivity index (χ3v) is 7.36. The molecule has 0 spiro atoms. The third-order valence-electron chi connectivity index (χ3n) is 6.51. The summed E-state index contributed by atoms with van der Waals surface area (Å²) < 4.78 is 2.19. The molecule has 0 radical (unpaired) electrons. The fraction of sp³-hybridized carbons (Fsp3) is 0.423. The smallest absolute Gasteiger partial charge is 0.257 e. The van der Waals surface area contributed by atoms with Gasteiger partial charge in [0.05, 0.1) is 12.2 Å². The summed E-state index contributed by atoms with van der Waals surface area (Å²) >= 11 is 1.51. The number of hydrogen-bond acceptors (Lipinski definition) is 5. The lowest BCUT2D eigenvalue weighted by atomic mass is 10.1. The van der Waals surface area contributed by atoms with Crippen molar-refractivity contribution < 1.29 is 4.79 Å². The molecule has 1 aliphatic rings. The minimum atomic E-state index is -0.319. The lowest BCUT2D eigenvalue weighted by molar-refractivity contribution is 0.0947. The van der Waals surface area contributed by atoms with Crippen LogP contribution in [-0.4, -0.2) is 39.5 Å². The van der Waals surface area contributed by atoms with Gasteiger partial charge < -0.3 is 9.88 Å². The summed E-state index contributed by atoms with van der Waals surface area (Å²) in [6.45, 7) is 9.44. The Bertz CT molecular complexity index is 1170. The molecule has 4 rings (SSSR count). The van der Waals surface area contributed by atoms with Crippen molar-refractivity contribution in [3.63, 3.8) is 0 Å². The molecule has 1 aliphatic heterocycles. The number of likely N-dealkylation sites (N-methyl/N-ethyl adjacent to an activating group) is 1. The summed E-state index contributed by atoms with van der Waals surface area (Å²) in [6.07, 6.45) is 2.98. The van der Waals surface area contributed by atoms with Crippen molar-refractivity contribution in [1.82, 2.24) is 19.8 Å². The second-order valence-electron chi connectivity index (χ2n) is 8.54. The molecule has 0 bridgehead atoms. The van der Waals surface area contributed by atoms with Crippen LogP contribution in [0, 0.1) is 6.92 Å². The summed E-state index contributed by atoms with van der Waals surface area (Å²) in [5.74, 6) is -0.319. The van der Waals surface area contributed by atoms with Crippen molar-refractivity contribution in [2.45, 2.75) is 59.2 Å². The highest BCUT2D eigenvalue weighted by Gasteiger charge is 2.26. The van der Waals surface area contributed by atoms with Crippen molar-refractivity contribution in [3.8, 4) is 11.3 Å². The van der Waals surface area contributed by atoms with Crippen LogP contribution in [0.2, 0.25) is 0 Å². The first-order chi connectivity index (χ1) is 16.0. The van der Waals surface area contributed by atoms with Gasteiger partial charge in [0.2, 0.25) is 0 Å². The summed E-state index contributed by atoms with van der Waals surface area (Å²) in [7, 11) is 0. The van der Waals surface area contributed by atoms with Crippen molar-refractivity contribution >= 4 is 17.2 Å². The average Bonchev–Trinajstić information content (AvgIpc) is 3.48. The summed E-state index contributed by atoms with van der Waals surface area (Å²) in [5.41, 5.74) is 3.75. The number of aromatic nitrogens is 2. The molecule has 1 fully saturated rings. The Morgan fingerprint density at radius 2 is 2.03 bits per heavy atom. The lowest BCUT2D eigenvalue weighted by Crippen LogP contribution is -2.37. The Balaban J connectivity index is 1.53. The first-order valence-corrected chi connectivity index (χ1v) is 12.6. The van der Waals surface area contributed by atoms with Gasteiger partial charge in [-0.3, -0.25) is 14.5 Å². The molecule has 1 amide bonds. The van der Waals surface area contributed by atoms with Gasteiger partial charge in [-0.05, 0) is 39.3 Å². The van der Waals surface area contributed by atoms with Crippen LogP contribution >= 0.6 is 11.3 Å². The van der Waals surface area contributed by atoms with E-state index >= 15 is 0 Å². The number of amides is 1. The molecule has 174 valence electrons.